The molecule has 0 fully saturated rings. The Morgan fingerprint density at radius 1 is 0.462 bits per heavy atom. The third-order valence-electron chi connectivity index (χ3n) is 9.92. The molecule has 0 spiro atoms. The number of para-hydroxylation sites is 2. The molecule has 1 aliphatic carbocycles. The van der Waals surface area contributed by atoms with Crippen molar-refractivity contribution in [3.05, 3.63) is 222 Å². The molecule has 0 radical (unpaired) electrons. The predicted octanol–water partition coefficient (Wildman–Crippen LogP) is 14.5. The van der Waals surface area contributed by atoms with Crippen LogP contribution in [0.2, 0.25) is 0 Å². The standard InChI is InChI=1S/C44H37N.C7H8/c1-32-15-9-10-20-39(32)40-30-27-36(31-33(40)2)41-21-11-12-22-42(41)43-23-13-14-24-44(43)45(37-18-7-4-8-19-37)38-28-25-35(26-29-38)34-16-5-3-6-17-34;1-7-5-3-2-4-6-7/h3-19,21-31,39H,20H2,1-2H3;2-6H,1H3. The van der Waals surface area contributed by atoms with Crippen LogP contribution >= 0.6 is 0 Å². The molecule has 0 saturated heterocycles. The molecule has 8 rings (SSSR count). The molecule has 0 heterocycles. The molecule has 7 aromatic carbocycles. The maximum absolute atomic E-state index is 2.38. The van der Waals surface area contributed by atoms with Gasteiger partial charge in [-0.25, -0.2) is 0 Å². The number of allylic oxidation sites excluding steroid dienone is 4. The van der Waals surface area contributed by atoms with E-state index < -0.39 is 0 Å². The monoisotopic (exact) mass is 671 g/mol. The van der Waals surface area contributed by atoms with Crippen LogP contribution in [0.5, 0.6) is 0 Å². The van der Waals surface area contributed by atoms with Gasteiger partial charge in [0.05, 0.1) is 5.69 Å². The number of aryl methyl sites for hydroxylation is 2. The van der Waals surface area contributed by atoms with Crippen molar-refractivity contribution >= 4 is 17.1 Å². The number of anilines is 3. The zero-order valence-electron chi connectivity index (χ0n) is 30.3. The summed E-state index contributed by atoms with van der Waals surface area (Å²) in [5.74, 6) is 0.452. The van der Waals surface area contributed by atoms with Crippen LogP contribution in [0.3, 0.4) is 0 Å². The summed E-state index contributed by atoms with van der Waals surface area (Å²) in [4.78, 5) is 2.38. The highest BCUT2D eigenvalue weighted by molar-refractivity contribution is 5.94. The molecule has 7 aromatic rings. The molecular weight excluding hydrogens is 627 g/mol. The van der Waals surface area contributed by atoms with E-state index in [1.807, 2.05) is 18.2 Å². The third kappa shape index (κ3) is 7.75. The SMILES string of the molecule is CC1=CC=CCC1c1ccc(-c2ccccc2-c2ccccc2N(c2ccccc2)c2ccc(-c3ccccc3)cc2)cc1C.Cc1ccccc1. The van der Waals surface area contributed by atoms with Crippen LogP contribution in [0, 0.1) is 13.8 Å². The third-order valence-corrected chi connectivity index (χ3v) is 9.92. The van der Waals surface area contributed by atoms with Crippen molar-refractivity contribution in [3.8, 4) is 33.4 Å². The van der Waals surface area contributed by atoms with Crippen molar-refractivity contribution in [2.24, 2.45) is 0 Å². The van der Waals surface area contributed by atoms with Crippen molar-refractivity contribution in [1.29, 1.82) is 0 Å². The molecule has 1 unspecified atom stereocenters. The van der Waals surface area contributed by atoms with Gasteiger partial charge in [0.1, 0.15) is 0 Å². The van der Waals surface area contributed by atoms with Gasteiger partial charge in [-0.05, 0) is 96.5 Å². The van der Waals surface area contributed by atoms with Gasteiger partial charge in [-0.3, -0.25) is 0 Å². The van der Waals surface area contributed by atoms with Crippen molar-refractivity contribution in [1.82, 2.24) is 0 Å². The Bertz CT molecular complexity index is 2280. The van der Waals surface area contributed by atoms with Crippen LogP contribution in [-0.2, 0) is 0 Å². The molecule has 1 atom stereocenters. The van der Waals surface area contributed by atoms with Crippen LogP contribution in [0.15, 0.2) is 206 Å². The highest BCUT2D eigenvalue weighted by Crippen LogP contribution is 2.44. The molecule has 0 amide bonds. The minimum atomic E-state index is 0.452. The van der Waals surface area contributed by atoms with Crippen molar-refractivity contribution < 1.29 is 0 Å². The van der Waals surface area contributed by atoms with Gasteiger partial charge >= 0.3 is 0 Å². The van der Waals surface area contributed by atoms with Crippen LogP contribution < -0.4 is 4.90 Å². The summed E-state index contributed by atoms with van der Waals surface area (Å²) in [7, 11) is 0. The zero-order valence-corrected chi connectivity index (χ0v) is 30.3. The molecule has 1 nitrogen and oxygen atoms in total. The minimum Gasteiger partial charge on any atom is -0.310 e. The fourth-order valence-electron chi connectivity index (χ4n) is 7.18. The second kappa shape index (κ2) is 16.2. The lowest BCUT2D eigenvalue weighted by molar-refractivity contribution is 0.791. The van der Waals surface area contributed by atoms with E-state index in [0.29, 0.717) is 5.92 Å². The Kier molecular flexibility index (Phi) is 10.7. The Balaban J connectivity index is 0.000000539. The number of nitrogens with zero attached hydrogens (tertiary/aromatic N) is 1. The number of hydrogen-bond donors (Lipinski definition) is 0. The van der Waals surface area contributed by atoms with Crippen molar-refractivity contribution in [2.45, 2.75) is 33.1 Å². The quantitative estimate of drug-likeness (QED) is 0.163. The van der Waals surface area contributed by atoms with Crippen molar-refractivity contribution in [3.63, 3.8) is 0 Å². The Labute approximate surface area is 309 Å². The van der Waals surface area contributed by atoms with Gasteiger partial charge < -0.3 is 4.90 Å². The first-order valence-electron chi connectivity index (χ1n) is 18.2. The highest BCUT2D eigenvalue weighted by Gasteiger charge is 2.20. The lowest BCUT2D eigenvalue weighted by atomic mass is 9.82. The summed E-state index contributed by atoms with van der Waals surface area (Å²) in [6.45, 7) is 6.60. The maximum atomic E-state index is 2.38. The van der Waals surface area contributed by atoms with Gasteiger partial charge in [0.2, 0.25) is 0 Å². The second-order valence-electron chi connectivity index (χ2n) is 13.5. The molecular formula is C51H45N. The number of rotatable bonds is 7. The summed E-state index contributed by atoms with van der Waals surface area (Å²) in [6, 6.07) is 65.1. The van der Waals surface area contributed by atoms with Crippen molar-refractivity contribution in [2.75, 3.05) is 4.90 Å². The molecule has 0 bridgehead atoms. The summed E-state index contributed by atoms with van der Waals surface area (Å²) < 4.78 is 0. The maximum Gasteiger partial charge on any atom is 0.0540 e. The van der Waals surface area contributed by atoms with E-state index in [2.05, 4.69) is 208 Å². The van der Waals surface area contributed by atoms with E-state index in [1.165, 1.54) is 55.6 Å². The lowest BCUT2D eigenvalue weighted by Crippen LogP contribution is -2.11. The molecule has 1 aliphatic rings. The smallest absolute Gasteiger partial charge is 0.0540 e. The highest BCUT2D eigenvalue weighted by atomic mass is 15.1. The van der Waals surface area contributed by atoms with Gasteiger partial charge in [0.25, 0.3) is 0 Å². The Morgan fingerprint density at radius 2 is 1.00 bits per heavy atom. The second-order valence-corrected chi connectivity index (χ2v) is 13.5. The van der Waals surface area contributed by atoms with Crippen LogP contribution in [0.4, 0.5) is 17.1 Å². The Morgan fingerprint density at radius 3 is 1.63 bits per heavy atom. The molecule has 0 saturated carbocycles. The predicted molar refractivity (Wildman–Crippen MR) is 224 cm³/mol. The fourth-order valence-corrected chi connectivity index (χ4v) is 7.18. The number of benzene rings is 7. The molecule has 0 aliphatic heterocycles. The molecule has 1 heteroatoms. The fraction of sp³-hybridized carbons (Fsp3) is 0.0980. The first-order valence-corrected chi connectivity index (χ1v) is 18.2. The summed E-state index contributed by atoms with van der Waals surface area (Å²) in [6.07, 6.45) is 7.78. The lowest BCUT2D eigenvalue weighted by Gasteiger charge is -2.28. The number of hydrogen-bond acceptors (Lipinski definition) is 1. The van der Waals surface area contributed by atoms with E-state index in [0.717, 1.165) is 23.5 Å². The molecule has 254 valence electrons. The first-order chi connectivity index (χ1) is 25.6. The first kappa shape index (κ1) is 34.3. The van der Waals surface area contributed by atoms with E-state index in [1.54, 1.807) is 0 Å². The van der Waals surface area contributed by atoms with Crippen LogP contribution in [0.1, 0.15) is 36.0 Å². The van der Waals surface area contributed by atoms with E-state index >= 15 is 0 Å². The largest absolute Gasteiger partial charge is 0.310 e. The van der Waals surface area contributed by atoms with Gasteiger partial charge in [-0.15, -0.1) is 0 Å². The minimum absolute atomic E-state index is 0.452. The summed E-state index contributed by atoms with van der Waals surface area (Å²) in [5.41, 5.74) is 16.2. The van der Waals surface area contributed by atoms with Gasteiger partial charge in [-0.1, -0.05) is 181 Å². The van der Waals surface area contributed by atoms with Crippen LogP contribution in [0.25, 0.3) is 33.4 Å². The van der Waals surface area contributed by atoms with E-state index in [9.17, 15) is 0 Å². The summed E-state index contributed by atoms with van der Waals surface area (Å²) in [5, 5.41) is 0. The average molecular weight is 672 g/mol. The normalized spacial score (nSPS) is 13.4. The zero-order chi connectivity index (χ0) is 35.7. The Hall–Kier alpha value is -6.18. The van der Waals surface area contributed by atoms with Gasteiger partial charge in [0, 0.05) is 22.9 Å². The molecule has 52 heavy (non-hydrogen) atoms. The summed E-state index contributed by atoms with van der Waals surface area (Å²) >= 11 is 0. The molecule has 0 aromatic heterocycles. The van der Waals surface area contributed by atoms with Gasteiger partial charge in [-0.2, -0.15) is 0 Å². The topological polar surface area (TPSA) is 3.24 Å². The molecule has 0 N–H and O–H groups in total. The van der Waals surface area contributed by atoms with E-state index in [-0.39, 0.29) is 0 Å². The average Bonchev–Trinajstić information content (AvgIpc) is 3.20. The van der Waals surface area contributed by atoms with Gasteiger partial charge in [0.15, 0.2) is 0 Å². The van der Waals surface area contributed by atoms with Crippen LogP contribution in [-0.4, -0.2) is 0 Å². The van der Waals surface area contributed by atoms with E-state index in [4.69, 9.17) is 0 Å².